The van der Waals surface area contributed by atoms with E-state index in [1.807, 2.05) is 6.92 Å². The molecule has 8 nitrogen and oxygen atoms in total. The average Bonchev–Trinajstić information content (AvgIpc) is 2.90. The molecule has 1 heterocycles. The number of sulfonamides is 1. The van der Waals surface area contributed by atoms with E-state index in [4.69, 9.17) is 9.88 Å². The van der Waals surface area contributed by atoms with Crippen molar-refractivity contribution in [2.24, 2.45) is 5.14 Å². The molecule has 0 unspecified atom stereocenters. The number of benzene rings is 1. The second-order valence-corrected chi connectivity index (χ2v) is 7.09. The third-order valence-corrected chi connectivity index (χ3v) is 4.84. The Labute approximate surface area is 146 Å². The third kappa shape index (κ3) is 4.37. The number of methoxy groups -OCH3 is 1. The van der Waals surface area contributed by atoms with Gasteiger partial charge < -0.3 is 15.0 Å². The Balaban J connectivity index is 1.94. The fraction of sp³-hybridized carbons (Fsp3) is 0.375. The van der Waals surface area contributed by atoms with E-state index in [2.05, 4.69) is 5.32 Å². The Kier molecular flexibility index (Phi) is 5.81. The molecule has 0 atom stereocenters. The lowest BCUT2D eigenvalue weighted by Crippen LogP contribution is -2.31. The van der Waals surface area contributed by atoms with Gasteiger partial charge in [-0.25, -0.2) is 13.6 Å². The molecule has 0 fully saturated rings. The maximum absolute atomic E-state index is 12.3. The predicted octanol–water partition coefficient (Wildman–Crippen LogP) is -0.245. The molecule has 1 aromatic rings. The van der Waals surface area contributed by atoms with E-state index < -0.39 is 10.0 Å². The lowest BCUT2D eigenvalue weighted by molar-refractivity contribution is -0.128. The fourth-order valence-corrected chi connectivity index (χ4v) is 3.04. The van der Waals surface area contributed by atoms with Gasteiger partial charge in [-0.05, 0) is 31.0 Å². The number of primary sulfonamides is 1. The first-order valence-electron chi connectivity index (χ1n) is 7.74. The molecular weight excluding hydrogens is 346 g/mol. The van der Waals surface area contributed by atoms with Crippen molar-refractivity contribution in [2.45, 2.75) is 18.2 Å². The molecule has 1 aliphatic rings. The highest BCUT2D eigenvalue weighted by atomic mass is 32.2. The summed E-state index contributed by atoms with van der Waals surface area (Å²) in [5.74, 6) is -0.548. The molecule has 2 amide bonds. The number of likely N-dealkylation sites (N-methyl/N-ethyl adjacent to an activating group) is 1. The standard InChI is InChI=1S/C16H21N3O5S/c1-3-19-10-13(14(24-2)16(19)21)15(20)18-9-8-11-4-6-12(7-5-11)25(17,22)23/h4-7H,3,8-10H2,1-2H3,(H,18,20)(H2,17,22,23). The summed E-state index contributed by atoms with van der Waals surface area (Å²) in [5.41, 5.74) is 1.17. The average molecular weight is 367 g/mol. The Morgan fingerprint density at radius 2 is 1.96 bits per heavy atom. The summed E-state index contributed by atoms with van der Waals surface area (Å²) in [6.07, 6.45) is 0.512. The van der Waals surface area contributed by atoms with E-state index in [0.29, 0.717) is 25.1 Å². The van der Waals surface area contributed by atoms with Crippen LogP contribution < -0.4 is 10.5 Å². The molecule has 1 aliphatic heterocycles. The zero-order valence-electron chi connectivity index (χ0n) is 14.1. The first kappa shape index (κ1) is 18.9. The van der Waals surface area contributed by atoms with Crippen LogP contribution in [0.3, 0.4) is 0 Å². The van der Waals surface area contributed by atoms with Crippen LogP contribution in [-0.4, -0.2) is 51.9 Å². The largest absolute Gasteiger partial charge is 0.491 e. The second-order valence-electron chi connectivity index (χ2n) is 5.53. The zero-order valence-corrected chi connectivity index (χ0v) is 14.9. The number of nitrogens with zero attached hydrogens (tertiary/aromatic N) is 1. The Morgan fingerprint density at radius 3 is 2.48 bits per heavy atom. The van der Waals surface area contributed by atoms with Crippen LogP contribution >= 0.6 is 0 Å². The number of hydrogen-bond acceptors (Lipinski definition) is 5. The number of hydrogen-bond donors (Lipinski definition) is 2. The molecule has 25 heavy (non-hydrogen) atoms. The molecule has 0 bridgehead atoms. The van der Waals surface area contributed by atoms with Gasteiger partial charge in [-0.2, -0.15) is 0 Å². The van der Waals surface area contributed by atoms with Gasteiger partial charge in [-0.3, -0.25) is 9.59 Å². The number of rotatable bonds is 7. The Morgan fingerprint density at radius 1 is 1.32 bits per heavy atom. The van der Waals surface area contributed by atoms with Crippen molar-refractivity contribution < 1.29 is 22.7 Å². The first-order valence-corrected chi connectivity index (χ1v) is 9.29. The quantitative estimate of drug-likeness (QED) is 0.689. The van der Waals surface area contributed by atoms with Crippen molar-refractivity contribution in [3.8, 4) is 0 Å². The van der Waals surface area contributed by atoms with Gasteiger partial charge in [0.2, 0.25) is 10.0 Å². The molecule has 0 radical (unpaired) electrons. The van der Waals surface area contributed by atoms with E-state index in [1.165, 1.54) is 24.1 Å². The number of amides is 2. The molecule has 3 N–H and O–H groups in total. The Hall–Kier alpha value is -2.39. The highest BCUT2D eigenvalue weighted by molar-refractivity contribution is 7.89. The monoisotopic (exact) mass is 367 g/mol. The van der Waals surface area contributed by atoms with Crippen LogP contribution in [0.25, 0.3) is 0 Å². The van der Waals surface area contributed by atoms with E-state index >= 15 is 0 Å². The minimum Gasteiger partial charge on any atom is -0.491 e. The highest BCUT2D eigenvalue weighted by Crippen LogP contribution is 2.19. The van der Waals surface area contributed by atoms with E-state index in [1.54, 1.807) is 12.1 Å². The first-order chi connectivity index (χ1) is 11.8. The highest BCUT2D eigenvalue weighted by Gasteiger charge is 2.33. The maximum atomic E-state index is 12.3. The molecule has 9 heteroatoms. The van der Waals surface area contributed by atoms with Crippen LogP contribution in [0.2, 0.25) is 0 Å². The fourth-order valence-electron chi connectivity index (χ4n) is 2.52. The van der Waals surface area contributed by atoms with E-state index in [9.17, 15) is 18.0 Å². The summed E-state index contributed by atoms with van der Waals surface area (Å²) < 4.78 is 27.5. The Bertz CT molecular complexity index is 800. The molecule has 1 aromatic carbocycles. The lowest BCUT2D eigenvalue weighted by atomic mass is 10.1. The number of nitrogens with one attached hydrogen (secondary N) is 1. The smallest absolute Gasteiger partial charge is 0.289 e. The minimum atomic E-state index is -3.71. The van der Waals surface area contributed by atoms with E-state index in [-0.39, 0.29) is 29.0 Å². The van der Waals surface area contributed by atoms with Crippen molar-refractivity contribution in [3.05, 3.63) is 41.2 Å². The van der Waals surface area contributed by atoms with Gasteiger partial charge >= 0.3 is 0 Å². The SMILES string of the molecule is CCN1CC(C(=O)NCCc2ccc(S(N)(=O)=O)cc2)=C(OC)C1=O. The van der Waals surface area contributed by atoms with Crippen molar-refractivity contribution in [3.63, 3.8) is 0 Å². The van der Waals surface area contributed by atoms with Crippen LogP contribution in [0.15, 0.2) is 40.5 Å². The number of carbonyl (C=O) groups excluding carboxylic acids is 2. The molecule has 0 aliphatic carbocycles. The van der Waals surface area contributed by atoms with Gasteiger partial charge in [0.25, 0.3) is 11.8 Å². The van der Waals surface area contributed by atoms with Gasteiger partial charge in [0.05, 0.1) is 24.1 Å². The van der Waals surface area contributed by atoms with Crippen LogP contribution in [0.4, 0.5) is 0 Å². The minimum absolute atomic E-state index is 0.0410. The van der Waals surface area contributed by atoms with E-state index in [0.717, 1.165) is 5.56 Å². The molecule has 0 saturated carbocycles. The van der Waals surface area contributed by atoms with Crippen LogP contribution in [0.5, 0.6) is 0 Å². The normalized spacial score (nSPS) is 14.8. The number of nitrogens with two attached hydrogens (primary N) is 1. The summed E-state index contributed by atoms with van der Waals surface area (Å²) >= 11 is 0. The van der Waals surface area contributed by atoms with Gasteiger partial charge in [0, 0.05) is 13.1 Å². The number of carbonyl (C=O) groups is 2. The molecule has 0 spiro atoms. The molecule has 2 rings (SSSR count). The maximum Gasteiger partial charge on any atom is 0.289 e. The van der Waals surface area contributed by atoms with Crippen molar-refractivity contribution in [2.75, 3.05) is 26.7 Å². The van der Waals surface area contributed by atoms with Crippen molar-refractivity contribution in [1.29, 1.82) is 0 Å². The zero-order chi connectivity index (χ0) is 18.6. The predicted molar refractivity (Wildman–Crippen MR) is 90.8 cm³/mol. The van der Waals surface area contributed by atoms with Crippen LogP contribution in [0, 0.1) is 0 Å². The summed E-state index contributed by atoms with van der Waals surface area (Å²) in [6, 6.07) is 6.13. The summed E-state index contributed by atoms with van der Waals surface area (Å²) in [7, 11) is -2.35. The number of ether oxygens (including phenoxy) is 1. The third-order valence-electron chi connectivity index (χ3n) is 3.92. The van der Waals surface area contributed by atoms with Crippen molar-refractivity contribution in [1.82, 2.24) is 10.2 Å². The topological polar surface area (TPSA) is 119 Å². The van der Waals surface area contributed by atoms with Crippen molar-refractivity contribution >= 4 is 21.8 Å². The van der Waals surface area contributed by atoms with Gasteiger partial charge in [-0.1, -0.05) is 12.1 Å². The van der Waals surface area contributed by atoms with Gasteiger partial charge in [-0.15, -0.1) is 0 Å². The summed E-state index contributed by atoms with van der Waals surface area (Å²) in [4.78, 5) is 25.8. The van der Waals surface area contributed by atoms with Gasteiger partial charge in [0.1, 0.15) is 0 Å². The summed E-state index contributed by atoms with van der Waals surface area (Å²) in [6.45, 7) is 2.90. The van der Waals surface area contributed by atoms with Gasteiger partial charge in [0.15, 0.2) is 5.76 Å². The van der Waals surface area contributed by atoms with Crippen LogP contribution in [0.1, 0.15) is 12.5 Å². The molecule has 136 valence electrons. The molecule has 0 aromatic heterocycles. The second kappa shape index (κ2) is 7.66. The lowest BCUT2D eigenvalue weighted by Gasteiger charge is -2.12. The molecule has 0 saturated heterocycles. The summed E-state index contributed by atoms with van der Waals surface area (Å²) in [5, 5.41) is 7.79. The van der Waals surface area contributed by atoms with Crippen LogP contribution in [-0.2, 0) is 30.8 Å². The molecular formula is C16H21N3O5S.